The van der Waals surface area contributed by atoms with Crippen LogP contribution in [0.5, 0.6) is 0 Å². The second kappa shape index (κ2) is 7.02. The number of hydrogen-bond donors (Lipinski definition) is 2. The molecule has 0 bridgehead atoms. The molecule has 0 heterocycles. The highest BCUT2D eigenvalue weighted by Gasteiger charge is 2.17. The van der Waals surface area contributed by atoms with Gasteiger partial charge in [-0.2, -0.15) is 0 Å². The second-order valence-electron chi connectivity index (χ2n) is 4.55. The Morgan fingerprint density at radius 2 is 1.94 bits per heavy atom. The van der Waals surface area contributed by atoms with Crippen molar-refractivity contribution >= 4 is 21.6 Å². The van der Waals surface area contributed by atoms with Gasteiger partial charge in [0.05, 0.1) is 0 Å². The van der Waals surface area contributed by atoms with Crippen LogP contribution in [0.25, 0.3) is 0 Å². The fourth-order valence-corrected chi connectivity index (χ4v) is 2.54. The normalized spacial score (nSPS) is 12.8. The summed E-state index contributed by atoms with van der Waals surface area (Å²) in [5.74, 6) is 0.632. The average Bonchev–Trinajstić information content (AvgIpc) is 2.33. The number of benzene rings is 1. The zero-order chi connectivity index (χ0) is 12.8. The van der Waals surface area contributed by atoms with E-state index in [2.05, 4.69) is 60.2 Å². The molecule has 0 amide bonds. The molecule has 0 saturated heterocycles. The van der Waals surface area contributed by atoms with Crippen molar-refractivity contribution in [2.45, 2.75) is 39.7 Å². The summed E-state index contributed by atoms with van der Waals surface area (Å²) in [6.45, 7) is 7.23. The van der Waals surface area contributed by atoms with Crippen molar-refractivity contribution in [3.05, 3.63) is 28.2 Å². The highest BCUT2D eigenvalue weighted by Crippen LogP contribution is 2.26. The molecular weight excluding hydrogens is 276 g/mol. The Morgan fingerprint density at radius 1 is 1.29 bits per heavy atom. The van der Waals surface area contributed by atoms with Crippen molar-refractivity contribution in [3.63, 3.8) is 0 Å². The summed E-state index contributed by atoms with van der Waals surface area (Å²) in [5, 5.41) is 3.57. The van der Waals surface area contributed by atoms with E-state index in [1.165, 1.54) is 5.56 Å². The first-order valence-electron chi connectivity index (χ1n) is 6.35. The number of rotatable bonds is 6. The van der Waals surface area contributed by atoms with Gasteiger partial charge in [0.1, 0.15) is 0 Å². The van der Waals surface area contributed by atoms with Crippen molar-refractivity contribution in [2.75, 3.05) is 11.9 Å². The van der Waals surface area contributed by atoms with Gasteiger partial charge in [-0.1, -0.05) is 32.8 Å². The van der Waals surface area contributed by atoms with Crippen LogP contribution in [0.15, 0.2) is 22.7 Å². The lowest BCUT2D eigenvalue weighted by Crippen LogP contribution is -2.36. The van der Waals surface area contributed by atoms with Gasteiger partial charge in [0.2, 0.25) is 0 Å². The predicted octanol–water partition coefficient (Wildman–Crippen LogP) is 3.93. The number of nitrogens with two attached hydrogens (primary N) is 1. The third kappa shape index (κ3) is 4.00. The largest absolute Gasteiger partial charge is 0.380 e. The Kier molecular flexibility index (Phi) is 6.00. The van der Waals surface area contributed by atoms with Crippen LogP contribution in [0.3, 0.4) is 0 Å². The maximum absolute atomic E-state index is 5.88. The molecule has 0 saturated carbocycles. The van der Waals surface area contributed by atoms with Gasteiger partial charge in [-0.05, 0) is 46.5 Å². The molecule has 0 aliphatic carbocycles. The molecule has 96 valence electrons. The van der Waals surface area contributed by atoms with Gasteiger partial charge >= 0.3 is 0 Å². The lowest BCUT2D eigenvalue weighted by molar-refractivity contribution is 0.422. The summed E-state index contributed by atoms with van der Waals surface area (Å²) in [5.41, 5.74) is 8.29. The molecule has 2 nitrogen and oxygen atoms in total. The van der Waals surface area contributed by atoms with Crippen LogP contribution in [-0.2, 0) is 0 Å². The Balaban J connectivity index is 2.83. The number of anilines is 1. The summed E-state index contributed by atoms with van der Waals surface area (Å²) in [7, 11) is 0. The molecule has 0 fully saturated rings. The lowest BCUT2D eigenvalue weighted by Gasteiger charge is -2.26. The summed E-state index contributed by atoms with van der Waals surface area (Å²) >= 11 is 3.58. The zero-order valence-electron chi connectivity index (χ0n) is 11.0. The van der Waals surface area contributed by atoms with Crippen molar-refractivity contribution in [1.29, 1.82) is 0 Å². The van der Waals surface area contributed by atoms with Crippen LogP contribution in [-0.4, -0.2) is 12.6 Å². The first-order chi connectivity index (χ1) is 8.12. The fourth-order valence-electron chi connectivity index (χ4n) is 2.18. The molecule has 0 radical (unpaired) electrons. The smallest absolute Gasteiger partial charge is 0.0489 e. The average molecular weight is 299 g/mol. The Bertz CT molecular complexity index is 348. The van der Waals surface area contributed by atoms with Gasteiger partial charge in [-0.25, -0.2) is 0 Å². The number of hydrogen-bond acceptors (Lipinski definition) is 2. The van der Waals surface area contributed by atoms with Crippen LogP contribution < -0.4 is 11.1 Å². The van der Waals surface area contributed by atoms with Crippen molar-refractivity contribution in [1.82, 2.24) is 0 Å². The van der Waals surface area contributed by atoms with Crippen molar-refractivity contribution in [2.24, 2.45) is 11.7 Å². The molecule has 0 aliphatic rings. The van der Waals surface area contributed by atoms with Gasteiger partial charge in [-0.15, -0.1) is 0 Å². The summed E-state index contributed by atoms with van der Waals surface area (Å²) < 4.78 is 1.10. The third-order valence-electron chi connectivity index (χ3n) is 3.33. The minimum Gasteiger partial charge on any atom is -0.380 e. The van der Waals surface area contributed by atoms with Crippen LogP contribution in [0, 0.1) is 12.8 Å². The van der Waals surface area contributed by atoms with E-state index < -0.39 is 0 Å². The summed E-state index contributed by atoms with van der Waals surface area (Å²) in [4.78, 5) is 0. The maximum atomic E-state index is 5.88. The molecule has 0 spiro atoms. The Labute approximate surface area is 113 Å². The molecular formula is C14H23BrN2. The predicted molar refractivity (Wildman–Crippen MR) is 79.4 cm³/mol. The molecule has 3 heteroatoms. The van der Waals surface area contributed by atoms with E-state index in [0.717, 1.165) is 23.0 Å². The minimum absolute atomic E-state index is 0.350. The fraction of sp³-hybridized carbons (Fsp3) is 0.571. The molecule has 17 heavy (non-hydrogen) atoms. The minimum atomic E-state index is 0.350. The van der Waals surface area contributed by atoms with E-state index in [0.29, 0.717) is 18.5 Å². The molecule has 1 atom stereocenters. The topological polar surface area (TPSA) is 38.0 Å². The van der Waals surface area contributed by atoms with Gasteiger partial charge in [0.15, 0.2) is 0 Å². The van der Waals surface area contributed by atoms with E-state index in [1.807, 2.05) is 0 Å². The van der Waals surface area contributed by atoms with E-state index in [1.54, 1.807) is 0 Å². The first kappa shape index (κ1) is 14.5. The van der Waals surface area contributed by atoms with E-state index in [9.17, 15) is 0 Å². The Hall–Kier alpha value is -0.540. The van der Waals surface area contributed by atoms with Crippen molar-refractivity contribution < 1.29 is 0 Å². The molecule has 1 aromatic rings. The van der Waals surface area contributed by atoms with Crippen LogP contribution >= 0.6 is 15.9 Å². The van der Waals surface area contributed by atoms with Crippen LogP contribution in [0.2, 0.25) is 0 Å². The monoisotopic (exact) mass is 298 g/mol. The number of aryl methyl sites for hydroxylation is 1. The Morgan fingerprint density at radius 3 is 2.47 bits per heavy atom. The summed E-state index contributed by atoms with van der Waals surface area (Å²) in [6.07, 6.45) is 2.32. The maximum Gasteiger partial charge on any atom is 0.0489 e. The lowest BCUT2D eigenvalue weighted by atomic mass is 9.94. The van der Waals surface area contributed by atoms with Crippen molar-refractivity contribution in [3.8, 4) is 0 Å². The first-order valence-corrected chi connectivity index (χ1v) is 7.14. The highest BCUT2D eigenvalue weighted by atomic mass is 79.9. The van der Waals surface area contributed by atoms with Gasteiger partial charge in [0, 0.05) is 22.7 Å². The second-order valence-corrected chi connectivity index (χ2v) is 5.40. The van der Waals surface area contributed by atoms with Gasteiger partial charge in [-0.3, -0.25) is 0 Å². The molecule has 0 aliphatic heterocycles. The highest BCUT2D eigenvalue weighted by molar-refractivity contribution is 9.10. The summed E-state index contributed by atoms with van der Waals surface area (Å²) in [6, 6.07) is 6.69. The quantitative estimate of drug-likeness (QED) is 0.835. The van der Waals surface area contributed by atoms with Crippen LogP contribution in [0.1, 0.15) is 32.3 Å². The molecule has 0 aromatic heterocycles. The molecule has 3 N–H and O–H groups in total. The zero-order valence-corrected chi connectivity index (χ0v) is 12.5. The van der Waals surface area contributed by atoms with Gasteiger partial charge in [0.25, 0.3) is 0 Å². The molecule has 1 rings (SSSR count). The third-order valence-corrected chi connectivity index (χ3v) is 4.03. The molecule has 1 unspecified atom stereocenters. The van der Waals surface area contributed by atoms with Crippen LogP contribution in [0.4, 0.5) is 5.69 Å². The standard InChI is InChI=1S/C14H23BrN2/c1-4-11(5-2)14(9-16)17-13-8-10(3)6-7-12(13)15/h6-8,11,14,17H,4-5,9,16H2,1-3H3. The van der Waals surface area contributed by atoms with Gasteiger partial charge < -0.3 is 11.1 Å². The SMILES string of the molecule is CCC(CC)C(CN)Nc1cc(C)ccc1Br. The number of halogens is 1. The van der Waals surface area contributed by atoms with E-state index >= 15 is 0 Å². The van der Waals surface area contributed by atoms with E-state index in [-0.39, 0.29) is 0 Å². The molecule has 1 aromatic carbocycles. The number of nitrogens with one attached hydrogen (secondary N) is 1. The van der Waals surface area contributed by atoms with E-state index in [4.69, 9.17) is 5.73 Å².